The fraction of sp³-hybridized carbons (Fsp3) is 0.273. The van der Waals surface area contributed by atoms with Crippen molar-refractivity contribution in [2.24, 2.45) is 0 Å². The second-order valence-electron chi connectivity index (χ2n) is 3.84. The number of nitrogens with one attached hydrogen (secondary N) is 1. The summed E-state index contributed by atoms with van der Waals surface area (Å²) in [5, 5.41) is 17.1. The summed E-state index contributed by atoms with van der Waals surface area (Å²) in [6, 6.07) is 3.48. The van der Waals surface area contributed by atoms with Crippen LogP contribution < -0.4 is 5.32 Å². The summed E-state index contributed by atoms with van der Waals surface area (Å²) in [5.41, 5.74) is 0.255. The molecule has 1 aromatic carbocycles. The summed E-state index contributed by atoms with van der Waals surface area (Å²) < 4.78 is 18.0. The maximum atomic E-state index is 13.2. The van der Waals surface area contributed by atoms with E-state index in [9.17, 15) is 14.5 Å². The van der Waals surface area contributed by atoms with Gasteiger partial charge in [-0.15, -0.1) is 0 Å². The molecule has 0 spiro atoms. The number of rotatable bonds is 6. The molecular formula is C11H11FN4O3. The smallest absolute Gasteiger partial charge is 0.272 e. The van der Waals surface area contributed by atoms with Crippen molar-refractivity contribution in [2.45, 2.75) is 13.0 Å². The Hall–Kier alpha value is -2.35. The second-order valence-corrected chi connectivity index (χ2v) is 3.84. The number of nitro benzene ring substituents is 1. The molecule has 0 atom stereocenters. The van der Waals surface area contributed by atoms with E-state index >= 15 is 0 Å². The lowest BCUT2D eigenvalue weighted by Gasteiger charge is -2.03. The molecule has 7 nitrogen and oxygen atoms in total. The Morgan fingerprint density at radius 2 is 2.26 bits per heavy atom. The molecule has 0 bridgehead atoms. The van der Waals surface area contributed by atoms with Gasteiger partial charge in [0.05, 0.1) is 11.0 Å². The van der Waals surface area contributed by atoms with Crippen molar-refractivity contribution < 1.29 is 13.8 Å². The number of nitro groups is 1. The zero-order chi connectivity index (χ0) is 13.7. The van der Waals surface area contributed by atoms with Crippen LogP contribution in [0, 0.1) is 15.9 Å². The fourth-order valence-corrected chi connectivity index (χ4v) is 1.57. The summed E-state index contributed by atoms with van der Waals surface area (Å²) >= 11 is 0. The first-order chi connectivity index (χ1) is 9.15. The first kappa shape index (κ1) is 13.1. The summed E-state index contributed by atoms with van der Waals surface area (Å²) in [5.74, 6) is -0.124. The lowest BCUT2D eigenvalue weighted by Crippen LogP contribution is -2.17. The minimum atomic E-state index is -0.622. The van der Waals surface area contributed by atoms with Gasteiger partial charge in [-0.3, -0.25) is 10.1 Å². The number of benzene rings is 1. The van der Waals surface area contributed by atoms with Gasteiger partial charge in [-0.1, -0.05) is 5.16 Å². The average molecular weight is 266 g/mol. The molecule has 0 radical (unpaired) electrons. The number of non-ortho nitro benzene ring substituents is 1. The predicted molar refractivity (Wildman–Crippen MR) is 62.8 cm³/mol. The Morgan fingerprint density at radius 1 is 1.42 bits per heavy atom. The van der Waals surface area contributed by atoms with Gasteiger partial charge in [0.2, 0.25) is 5.89 Å². The van der Waals surface area contributed by atoms with Gasteiger partial charge < -0.3 is 9.84 Å². The van der Waals surface area contributed by atoms with Crippen LogP contribution in [0.3, 0.4) is 0 Å². The molecule has 2 rings (SSSR count). The highest BCUT2D eigenvalue weighted by atomic mass is 19.1. The monoisotopic (exact) mass is 266 g/mol. The number of nitrogens with zero attached hydrogens (tertiary/aromatic N) is 3. The van der Waals surface area contributed by atoms with Crippen molar-refractivity contribution in [3.8, 4) is 0 Å². The van der Waals surface area contributed by atoms with Crippen LogP contribution in [0.4, 0.5) is 10.1 Å². The molecule has 0 unspecified atom stereocenters. The molecule has 8 heteroatoms. The van der Waals surface area contributed by atoms with Gasteiger partial charge in [-0.25, -0.2) is 4.39 Å². The molecule has 0 fully saturated rings. The van der Waals surface area contributed by atoms with Gasteiger partial charge in [0.1, 0.15) is 5.82 Å². The number of aromatic nitrogens is 2. The fourth-order valence-electron chi connectivity index (χ4n) is 1.57. The predicted octanol–water partition coefficient (Wildman–Crippen LogP) is 1.45. The maximum Gasteiger partial charge on any atom is 0.272 e. The molecule has 0 amide bonds. The Bertz CT molecular complexity index is 559. The third-order valence-electron chi connectivity index (χ3n) is 2.40. The van der Waals surface area contributed by atoms with Crippen molar-refractivity contribution >= 4 is 5.69 Å². The van der Waals surface area contributed by atoms with E-state index < -0.39 is 10.7 Å². The number of hydrogen-bond acceptors (Lipinski definition) is 6. The van der Waals surface area contributed by atoms with E-state index in [0.29, 0.717) is 31.0 Å². The molecule has 1 N–H and O–H groups in total. The highest BCUT2D eigenvalue weighted by Crippen LogP contribution is 2.16. The van der Waals surface area contributed by atoms with Crippen LogP contribution >= 0.6 is 0 Å². The minimum Gasteiger partial charge on any atom is -0.340 e. The van der Waals surface area contributed by atoms with Crippen molar-refractivity contribution in [3.63, 3.8) is 0 Å². The summed E-state index contributed by atoms with van der Waals surface area (Å²) in [6.45, 7) is 0.874. The largest absolute Gasteiger partial charge is 0.340 e. The summed E-state index contributed by atoms with van der Waals surface area (Å²) in [7, 11) is 0. The molecular weight excluding hydrogens is 255 g/mol. The number of halogens is 1. The number of hydrogen-bond donors (Lipinski definition) is 1. The molecule has 19 heavy (non-hydrogen) atoms. The maximum absolute atomic E-state index is 13.2. The molecule has 0 aliphatic heterocycles. The van der Waals surface area contributed by atoms with Crippen LogP contribution in [0.25, 0.3) is 0 Å². The van der Waals surface area contributed by atoms with Crippen LogP contribution in [0.15, 0.2) is 29.0 Å². The van der Waals surface area contributed by atoms with Gasteiger partial charge >= 0.3 is 0 Å². The molecule has 1 heterocycles. The Kier molecular flexibility index (Phi) is 4.14. The van der Waals surface area contributed by atoms with Gasteiger partial charge in [0.25, 0.3) is 5.69 Å². The van der Waals surface area contributed by atoms with Crippen molar-refractivity contribution in [1.82, 2.24) is 15.5 Å². The van der Waals surface area contributed by atoms with E-state index in [-0.39, 0.29) is 5.69 Å². The minimum absolute atomic E-state index is 0.256. The standard InChI is InChI=1S/C11H11FN4O3/c12-9-3-8(4-10(5-9)16(17)18)6-13-2-1-11-14-7-15-19-11/h3-5,7,13H,1-2,6H2. The van der Waals surface area contributed by atoms with E-state index in [1.54, 1.807) is 0 Å². The van der Waals surface area contributed by atoms with E-state index in [0.717, 1.165) is 6.07 Å². The molecule has 100 valence electrons. The third kappa shape index (κ3) is 3.81. The normalized spacial score (nSPS) is 10.6. The average Bonchev–Trinajstić information content (AvgIpc) is 2.87. The van der Waals surface area contributed by atoms with E-state index in [2.05, 4.69) is 15.5 Å². The SMILES string of the molecule is O=[N+]([O-])c1cc(F)cc(CNCCc2ncno2)c1. The highest BCUT2D eigenvalue weighted by molar-refractivity contribution is 5.35. The Balaban J connectivity index is 1.87. The molecule has 0 aliphatic rings. The van der Waals surface area contributed by atoms with Crippen molar-refractivity contribution in [3.05, 3.63) is 51.9 Å². The van der Waals surface area contributed by atoms with Crippen LogP contribution in [0.5, 0.6) is 0 Å². The zero-order valence-corrected chi connectivity index (χ0v) is 9.88. The Labute approximate surface area is 107 Å². The van der Waals surface area contributed by atoms with Crippen LogP contribution in [0.1, 0.15) is 11.5 Å². The van der Waals surface area contributed by atoms with Gasteiger partial charge in [0.15, 0.2) is 6.33 Å². The molecule has 0 saturated heterocycles. The first-order valence-electron chi connectivity index (χ1n) is 5.55. The molecule has 2 aromatic rings. The zero-order valence-electron chi connectivity index (χ0n) is 9.88. The second kappa shape index (κ2) is 6.01. The van der Waals surface area contributed by atoms with Crippen LogP contribution in [0.2, 0.25) is 0 Å². The van der Waals surface area contributed by atoms with Crippen molar-refractivity contribution in [2.75, 3.05) is 6.54 Å². The van der Waals surface area contributed by atoms with E-state index in [1.165, 1.54) is 18.5 Å². The quantitative estimate of drug-likeness (QED) is 0.483. The van der Waals surface area contributed by atoms with Gasteiger partial charge in [0, 0.05) is 25.6 Å². The van der Waals surface area contributed by atoms with Crippen LogP contribution in [-0.2, 0) is 13.0 Å². The highest BCUT2D eigenvalue weighted by Gasteiger charge is 2.09. The van der Waals surface area contributed by atoms with E-state index in [4.69, 9.17) is 4.52 Å². The third-order valence-corrected chi connectivity index (χ3v) is 2.40. The van der Waals surface area contributed by atoms with Crippen LogP contribution in [-0.4, -0.2) is 21.6 Å². The molecule has 0 saturated carbocycles. The lowest BCUT2D eigenvalue weighted by atomic mass is 10.2. The van der Waals surface area contributed by atoms with Crippen molar-refractivity contribution in [1.29, 1.82) is 0 Å². The van der Waals surface area contributed by atoms with Gasteiger partial charge in [-0.2, -0.15) is 4.98 Å². The molecule has 1 aromatic heterocycles. The summed E-state index contributed by atoms with van der Waals surface area (Å²) in [6.07, 6.45) is 1.85. The van der Waals surface area contributed by atoms with E-state index in [1.807, 2.05) is 0 Å². The molecule has 0 aliphatic carbocycles. The van der Waals surface area contributed by atoms with Gasteiger partial charge in [-0.05, 0) is 11.6 Å². The topological polar surface area (TPSA) is 94.1 Å². The first-order valence-corrected chi connectivity index (χ1v) is 5.55. The Morgan fingerprint density at radius 3 is 2.95 bits per heavy atom. The summed E-state index contributed by atoms with van der Waals surface area (Å²) in [4.78, 5) is 13.8. The lowest BCUT2D eigenvalue weighted by molar-refractivity contribution is -0.385.